The lowest BCUT2D eigenvalue weighted by molar-refractivity contribution is 0.0557. The molecule has 0 aliphatic rings. The summed E-state index contributed by atoms with van der Waals surface area (Å²) in [6.07, 6.45) is 0.871. The van der Waals surface area contributed by atoms with E-state index >= 15 is 0 Å². The summed E-state index contributed by atoms with van der Waals surface area (Å²) < 4.78 is 5.55. The predicted molar refractivity (Wildman–Crippen MR) is 69.8 cm³/mol. The third-order valence-corrected chi connectivity index (χ3v) is 3.86. The maximum Gasteiger partial charge on any atom is 0.139 e. The Morgan fingerprint density at radius 1 is 1.40 bits per heavy atom. The van der Waals surface area contributed by atoms with E-state index in [1.54, 1.807) is 5.01 Å². The Kier molecular flexibility index (Phi) is 6.52. The summed E-state index contributed by atoms with van der Waals surface area (Å²) in [5.41, 5.74) is 0.943. The van der Waals surface area contributed by atoms with Crippen molar-refractivity contribution in [2.24, 2.45) is 5.10 Å². The van der Waals surface area contributed by atoms with Crippen LogP contribution in [0.5, 0.6) is 0 Å². The summed E-state index contributed by atoms with van der Waals surface area (Å²) in [5.74, 6) is 0. The second-order valence-corrected chi connectivity index (χ2v) is 10.4. The third kappa shape index (κ3) is 7.33. The lowest BCUT2D eigenvalue weighted by atomic mass is 10.4. The van der Waals surface area contributed by atoms with Crippen LogP contribution in [-0.4, -0.2) is 33.1 Å². The molecule has 0 saturated heterocycles. The molecule has 0 atom stereocenters. The minimum Gasteiger partial charge on any atom is -0.360 e. The molecule has 0 aromatic carbocycles. The Morgan fingerprint density at radius 3 is 2.40 bits per heavy atom. The van der Waals surface area contributed by atoms with Crippen molar-refractivity contribution in [1.29, 1.82) is 0 Å². The number of rotatable bonds is 8. The lowest BCUT2D eigenvalue weighted by Gasteiger charge is -2.21. The Labute approximate surface area is 94.8 Å². The Hall–Kier alpha value is -0.613. The Morgan fingerprint density at radius 2 is 2.00 bits per heavy atom. The van der Waals surface area contributed by atoms with Gasteiger partial charge in [0.25, 0.3) is 0 Å². The van der Waals surface area contributed by atoms with Gasteiger partial charge in [-0.1, -0.05) is 33.1 Å². The van der Waals surface area contributed by atoms with Gasteiger partial charge in [-0.25, -0.2) is 5.01 Å². The van der Waals surface area contributed by atoms with Gasteiger partial charge in [-0.05, 0) is 12.5 Å². The van der Waals surface area contributed by atoms with Crippen molar-refractivity contribution in [3.8, 4) is 0 Å². The lowest BCUT2D eigenvalue weighted by Crippen LogP contribution is -2.24. The number of hydrogen-bond donors (Lipinski definition) is 0. The number of nitrogens with zero attached hydrogens (tertiary/aromatic N) is 2. The quantitative estimate of drug-likeness (QED) is 0.210. The van der Waals surface area contributed by atoms with E-state index < -0.39 is 8.07 Å². The van der Waals surface area contributed by atoms with Crippen molar-refractivity contribution in [3.63, 3.8) is 0 Å². The van der Waals surface area contributed by atoms with E-state index in [0.717, 1.165) is 18.7 Å². The van der Waals surface area contributed by atoms with Crippen LogP contribution in [0.2, 0.25) is 25.7 Å². The summed E-state index contributed by atoms with van der Waals surface area (Å²) in [7, 11) is -0.987. The summed E-state index contributed by atoms with van der Waals surface area (Å²) in [5, 5.41) is 5.58. The molecule has 0 aliphatic carbocycles. The van der Waals surface area contributed by atoms with Gasteiger partial charge in [-0.3, -0.25) is 0 Å². The highest BCUT2D eigenvalue weighted by Crippen LogP contribution is 2.09. The molecule has 0 saturated carbocycles. The largest absolute Gasteiger partial charge is 0.360 e. The summed E-state index contributed by atoms with van der Waals surface area (Å²) >= 11 is 0. The zero-order valence-electron chi connectivity index (χ0n) is 10.5. The SMILES string of the molecule is C=NN(COCC[Si](C)(C)C)C(=C)CC. The average Bonchev–Trinajstić information content (AvgIpc) is 2.15. The highest BCUT2D eigenvalue weighted by molar-refractivity contribution is 6.76. The third-order valence-electron chi connectivity index (χ3n) is 2.15. The number of hydrazone groups is 1. The number of ether oxygens (including phenoxy) is 1. The van der Waals surface area contributed by atoms with Gasteiger partial charge in [0.05, 0.1) is 0 Å². The van der Waals surface area contributed by atoms with E-state index in [1.807, 2.05) is 6.92 Å². The molecular weight excluding hydrogens is 204 g/mol. The molecule has 0 aromatic rings. The highest BCUT2D eigenvalue weighted by atomic mass is 28.3. The zero-order chi connectivity index (χ0) is 11.9. The van der Waals surface area contributed by atoms with Gasteiger partial charge in [-0.15, -0.1) is 0 Å². The van der Waals surface area contributed by atoms with Crippen LogP contribution in [0.15, 0.2) is 17.4 Å². The minimum absolute atomic E-state index is 0.473. The van der Waals surface area contributed by atoms with Gasteiger partial charge >= 0.3 is 0 Å². The molecule has 0 amide bonds. The first kappa shape index (κ1) is 14.4. The van der Waals surface area contributed by atoms with Gasteiger partial charge in [0, 0.05) is 27.1 Å². The molecule has 0 unspecified atom stereocenters. The fourth-order valence-corrected chi connectivity index (χ4v) is 1.70. The highest BCUT2D eigenvalue weighted by Gasteiger charge is 2.12. The van der Waals surface area contributed by atoms with Crippen molar-refractivity contribution >= 4 is 14.8 Å². The van der Waals surface area contributed by atoms with Crippen LogP contribution in [0.3, 0.4) is 0 Å². The molecule has 0 aromatic heterocycles. The van der Waals surface area contributed by atoms with Crippen LogP contribution in [0.1, 0.15) is 13.3 Å². The topological polar surface area (TPSA) is 24.8 Å². The molecule has 4 heteroatoms. The molecule has 0 radical (unpaired) electrons. The molecule has 0 rings (SSSR count). The molecular formula is C11H24N2OSi. The maximum absolute atomic E-state index is 5.55. The molecule has 0 heterocycles. The monoisotopic (exact) mass is 228 g/mol. The standard InChI is InChI=1S/C11H24N2OSi/c1-7-11(2)13(12-3)10-14-8-9-15(4,5)6/h2-3,7-10H2,1,4-6H3. The number of hydrogen-bond acceptors (Lipinski definition) is 3. The molecule has 3 nitrogen and oxygen atoms in total. The van der Waals surface area contributed by atoms with Crippen molar-refractivity contribution in [1.82, 2.24) is 5.01 Å². The van der Waals surface area contributed by atoms with Gasteiger partial charge in [0.1, 0.15) is 6.73 Å². The molecule has 15 heavy (non-hydrogen) atoms. The summed E-state index contributed by atoms with van der Waals surface area (Å²) in [6.45, 7) is 17.7. The second-order valence-electron chi connectivity index (χ2n) is 4.81. The van der Waals surface area contributed by atoms with E-state index in [-0.39, 0.29) is 0 Å². The van der Waals surface area contributed by atoms with E-state index in [2.05, 4.69) is 38.0 Å². The molecule has 0 bridgehead atoms. The van der Waals surface area contributed by atoms with E-state index in [0.29, 0.717) is 6.73 Å². The van der Waals surface area contributed by atoms with E-state index in [9.17, 15) is 0 Å². The van der Waals surface area contributed by atoms with Gasteiger partial charge < -0.3 is 4.74 Å². The van der Waals surface area contributed by atoms with Gasteiger partial charge in [-0.2, -0.15) is 5.10 Å². The zero-order valence-corrected chi connectivity index (χ0v) is 11.5. The average molecular weight is 228 g/mol. The predicted octanol–water partition coefficient (Wildman–Crippen LogP) is 3.14. The van der Waals surface area contributed by atoms with Crippen LogP contribution in [0.25, 0.3) is 0 Å². The van der Waals surface area contributed by atoms with Crippen LogP contribution in [-0.2, 0) is 4.74 Å². The van der Waals surface area contributed by atoms with E-state index in [1.165, 1.54) is 6.04 Å². The molecule has 0 N–H and O–H groups in total. The smallest absolute Gasteiger partial charge is 0.139 e. The van der Waals surface area contributed by atoms with Gasteiger partial charge in [0.2, 0.25) is 0 Å². The first-order valence-electron chi connectivity index (χ1n) is 5.40. The van der Waals surface area contributed by atoms with Crippen LogP contribution in [0.4, 0.5) is 0 Å². The van der Waals surface area contributed by atoms with Crippen LogP contribution >= 0.6 is 0 Å². The first-order chi connectivity index (χ1) is 6.90. The number of allylic oxidation sites excluding steroid dienone is 1. The second kappa shape index (κ2) is 6.79. The van der Waals surface area contributed by atoms with Crippen LogP contribution < -0.4 is 0 Å². The van der Waals surface area contributed by atoms with Crippen LogP contribution in [0, 0.1) is 0 Å². The first-order valence-corrected chi connectivity index (χ1v) is 9.11. The summed E-state index contributed by atoms with van der Waals surface area (Å²) in [4.78, 5) is 0. The van der Waals surface area contributed by atoms with E-state index in [4.69, 9.17) is 4.74 Å². The molecule has 0 spiro atoms. The maximum atomic E-state index is 5.55. The van der Waals surface area contributed by atoms with Crippen molar-refractivity contribution in [3.05, 3.63) is 12.3 Å². The fourth-order valence-electron chi connectivity index (χ4n) is 0.944. The summed E-state index contributed by atoms with van der Waals surface area (Å²) in [6, 6.07) is 1.18. The molecule has 88 valence electrons. The molecule has 0 fully saturated rings. The normalized spacial score (nSPS) is 11.2. The van der Waals surface area contributed by atoms with Crippen molar-refractivity contribution in [2.45, 2.75) is 39.0 Å². The van der Waals surface area contributed by atoms with Crippen molar-refractivity contribution in [2.75, 3.05) is 13.3 Å². The Balaban J connectivity index is 3.74. The Bertz CT molecular complexity index is 211. The van der Waals surface area contributed by atoms with Gasteiger partial charge in [0.15, 0.2) is 0 Å². The van der Waals surface area contributed by atoms with Crippen molar-refractivity contribution < 1.29 is 4.74 Å². The fraction of sp³-hybridized carbons (Fsp3) is 0.727. The molecule has 0 aliphatic heterocycles. The minimum atomic E-state index is -0.987.